The summed E-state index contributed by atoms with van der Waals surface area (Å²) >= 11 is 0. The quantitative estimate of drug-likeness (QED) is 0.305. The average Bonchev–Trinajstić information content (AvgIpc) is 3.39. The molecule has 0 spiro atoms. The van der Waals surface area contributed by atoms with Crippen LogP contribution in [0.1, 0.15) is 22.8 Å². The van der Waals surface area contributed by atoms with Gasteiger partial charge in [0.25, 0.3) is 5.56 Å². The van der Waals surface area contributed by atoms with Crippen LogP contribution in [0.25, 0.3) is 34.0 Å². The Labute approximate surface area is 205 Å². The highest BCUT2D eigenvalue weighted by Crippen LogP contribution is 2.38. The number of terminal acetylenes is 1. The van der Waals surface area contributed by atoms with Gasteiger partial charge in [0.1, 0.15) is 22.7 Å². The zero-order valence-electron chi connectivity index (χ0n) is 19.3. The first-order valence-corrected chi connectivity index (χ1v) is 12.1. The molecular formula is C24H19F3N4O4S. The van der Waals surface area contributed by atoms with Gasteiger partial charge in [-0.1, -0.05) is 36.3 Å². The van der Waals surface area contributed by atoms with Crippen molar-refractivity contribution in [2.45, 2.75) is 18.9 Å². The molecule has 0 radical (unpaired) electrons. The molecule has 0 saturated carbocycles. The first-order valence-electron chi connectivity index (χ1n) is 10.4. The van der Waals surface area contributed by atoms with Crippen LogP contribution in [0.4, 0.5) is 13.2 Å². The number of methoxy groups -OCH3 is 1. The van der Waals surface area contributed by atoms with Crippen molar-refractivity contribution in [3.8, 4) is 34.9 Å². The van der Waals surface area contributed by atoms with Crippen molar-refractivity contribution in [3.05, 3.63) is 69.6 Å². The number of rotatable bonds is 6. The van der Waals surface area contributed by atoms with E-state index in [0.717, 1.165) is 0 Å². The van der Waals surface area contributed by atoms with E-state index < -0.39 is 28.2 Å². The average molecular weight is 517 g/mol. The Kier molecular flexibility index (Phi) is 6.60. The summed E-state index contributed by atoms with van der Waals surface area (Å²) < 4.78 is 65.8. The molecule has 0 amide bonds. The topological polar surface area (TPSA) is 102 Å². The fraction of sp³-hybridized carbons (Fsp3) is 0.208. The molecule has 12 heteroatoms. The van der Waals surface area contributed by atoms with E-state index in [1.165, 1.54) is 31.6 Å². The molecule has 8 nitrogen and oxygen atoms in total. The number of aryl methyl sites for hydroxylation is 1. The SMILES string of the molecule is C#C/C=C(/OC)c1nc(-c2c(CS(C)=O)nc3c(-c4ccccc4)c(C(F)(F)F)[nH]n3c2=O)oc1C. The van der Waals surface area contributed by atoms with Crippen molar-refractivity contribution in [3.63, 3.8) is 0 Å². The summed E-state index contributed by atoms with van der Waals surface area (Å²) in [6.07, 6.45) is 3.18. The molecule has 0 aliphatic carbocycles. The van der Waals surface area contributed by atoms with Crippen molar-refractivity contribution < 1.29 is 26.5 Å². The van der Waals surface area contributed by atoms with Crippen LogP contribution >= 0.6 is 0 Å². The molecule has 4 aromatic rings. The van der Waals surface area contributed by atoms with E-state index in [0.29, 0.717) is 4.52 Å². The Hall–Kier alpha value is -4.11. The van der Waals surface area contributed by atoms with Crippen molar-refractivity contribution in [1.29, 1.82) is 0 Å². The molecule has 3 aromatic heterocycles. The predicted octanol–water partition coefficient (Wildman–Crippen LogP) is 4.17. The maximum atomic E-state index is 14.0. The number of hydrogen-bond donors (Lipinski definition) is 1. The third-order valence-electron chi connectivity index (χ3n) is 5.22. The molecular weight excluding hydrogens is 497 g/mol. The molecule has 1 N–H and O–H groups in total. The number of allylic oxidation sites excluding steroid dienone is 1. The number of aromatic nitrogens is 4. The van der Waals surface area contributed by atoms with Gasteiger partial charge in [-0.25, -0.2) is 9.97 Å². The van der Waals surface area contributed by atoms with Crippen molar-refractivity contribution in [1.82, 2.24) is 19.6 Å². The van der Waals surface area contributed by atoms with Gasteiger partial charge in [0.05, 0.1) is 24.1 Å². The molecule has 1 aromatic carbocycles. The molecule has 4 rings (SSSR count). The Balaban J connectivity index is 2.08. The fourth-order valence-electron chi connectivity index (χ4n) is 3.74. The van der Waals surface area contributed by atoms with Gasteiger partial charge in [0, 0.05) is 23.1 Å². The first kappa shape index (κ1) is 25.0. The third kappa shape index (κ3) is 4.45. The third-order valence-corrected chi connectivity index (χ3v) is 5.90. The van der Waals surface area contributed by atoms with E-state index in [1.54, 1.807) is 25.1 Å². The van der Waals surface area contributed by atoms with Crippen LogP contribution in [0.3, 0.4) is 0 Å². The zero-order chi connectivity index (χ0) is 26.2. The molecule has 1 atom stereocenters. The van der Waals surface area contributed by atoms with Gasteiger partial charge in [0.15, 0.2) is 11.4 Å². The lowest BCUT2D eigenvalue weighted by molar-refractivity contribution is -0.140. The van der Waals surface area contributed by atoms with Crippen LogP contribution in [0.15, 0.2) is 45.6 Å². The predicted molar refractivity (Wildman–Crippen MR) is 128 cm³/mol. The van der Waals surface area contributed by atoms with Crippen LogP contribution < -0.4 is 5.56 Å². The second-order valence-electron chi connectivity index (χ2n) is 7.64. The van der Waals surface area contributed by atoms with E-state index in [1.807, 2.05) is 0 Å². The second-order valence-corrected chi connectivity index (χ2v) is 9.08. The van der Waals surface area contributed by atoms with Crippen LogP contribution in [0.5, 0.6) is 0 Å². The summed E-state index contributed by atoms with van der Waals surface area (Å²) in [5.74, 6) is 2.29. The highest BCUT2D eigenvalue weighted by Gasteiger charge is 2.39. The number of alkyl halides is 3. The van der Waals surface area contributed by atoms with Crippen molar-refractivity contribution >= 4 is 22.2 Å². The van der Waals surface area contributed by atoms with Crippen LogP contribution in [-0.2, 0) is 27.5 Å². The molecule has 0 aliphatic heterocycles. The van der Waals surface area contributed by atoms with Gasteiger partial charge in [-0.3, -0.25) is 14.1 Å². The number of nitrogens with zero attached hydrogens (tertiary/aromatic N) is 3. The van der Waals surface area contributed by atoms with Gasteiger partial charge in [-0.15, -0.1) is 6.42 Å². The number of oxazole rings is 1. The summed E-state index contributed by atoms with van der Waals surface area (Å²) in [7, 11) is -0.131. The number of benzene rings is 1. The number of halogens is 3. The minimum absolute atomic E-state index is 0.0292. The standard InChI is InChI=1S/C24H19F3N4O4S/c1-5-9-16(34-3)19-13(2)35-22(29-19)18-15(12-36(4)33)28-21-17(14-10-7-6-8-11-14)20(24(25,26)27)30-31(21)23(18)32/h1,6-11,30H,12H2,2-4H3/b16-9+. The maximum absolute atomic E-state index is 14.0. The normalized spacial score (nSPS) is 13.1. The van der Waals surface area contributed by atoms with Gasteiger partial charge >= 0.3 is 6.18 Å². The van der Waals surface area contributed by atoms with Crippen molar-refractivity contribution in [2.24, 2.45) is 0 Å². The summed E-state index contributed by atoms with van der Waals surface area (Å²) in [4.78, 5) is 22.2. The molecule has 3 heterocycles. The number of fused-ring (bicyclic) bond motifs is 1. The van der Waals surface area contributed by atoms with Gasteiger partial charge in [0.2, 0.25) is 5.89 Å². The summed E-state index contributed by atoms with van der Waals surface area (Å²) in [5, 5.41) is 2.15. The Morgan fingerprint density at radius 3 is 2.56 bits per heavy atom. The number of hydrogen-bond acceptors (Lipinski definition) is 6. The summed E-state index contributed by atoms with van der Waals surface area (Å²) in [6, 6.07) is 7.75. The van der Waals surface area contributed by atoms with E-state index >= 15 is 0 Å². The number of nitrogens with one attached hydrogen (secondary N) is 1. The van der Waals surface area contributed by atoms with Crippen LogP contribution in [-0.4, -0.2) is 37.2 Å². The second kappa shape index (κ2) is 9.50. The van der Waals surface area contributed by atoms with E-state index in [-0.39, 0.29) is 56.9 Å². The molecule has 36 heavy (non-hydrogen) atoms. The lowest BCUT2D eigenvalue weighted by Gasteiger charge is -2.08. The highest BCUT2D eigenvalue weighted by atomic mass is 32.2. The lowest BCUT2D eigenvalue weighted by atomic mass is 10.1. The van der Waals surface area contributed by atoms with Crippen LogP contribution in [0, 0.1) is 19.3 Å². The van der Waals surface area contributed by atoms with E-state index in [4.69, 9.17) is 15.6 Å². The minimum atomic E-state index is -4.82. The molecule has 0 saturated heterocycles. The summed E-state index contributed by atoms with van der Waals surface area (Å²) in [6.45, 7) is 1.56. The van der Waals surface area contributed by atoms with Gasteiger partial charge < -0.3 is 9.15 Å². The smallest absolute Gasteiger partial charge is 0.433 e. The molecule has 1 unspecified atom stereocenters. The zero-order valence-corrected chi connectivity index (χ0v) is 20.1. The fourth-order valence-corrected chi connectivity index (χ4v) is 4.34. The Morgan fingerprint density at radius 1 is 1.28 bits per heavy atom. The largest absolute Gasteiger partial charge is 0.494 e. The molecule has 0 bridgehead atoms. The maximum Gasteiger partial charge on any atom is 0.433 e. The Bertz CT molecular complexity index is 1610. The molecule has 0 aliphatic rings. The van der Waals surface area contributed by atoms with E-state index in [9.17, 15) is 22.2 Å². The lowest BCUT2D eigenvalue weighted by Crippen LogP contribution is -2.21. The van der Waals surface area contributed by atoms with Crippen LogP contribution in [0.2, 0.25) is 0 Å². The monoisotopic (exact) mass is 516 g/mol. The number of H-pyrrole nitrogens is 1. The van der Waals surface area contributed by atoms with Gasteiger partial charge in [-0.05, 0) is 12.5 Å². The van der Waals surface area contributed by atoms with Crippen molar-refractivity contribution in [2.75, 3.05) is 13.4 Å². The highest BCUT2D eigenvalue weighted by molar-refractivity contribution is 7.83. The number of aromatic amines is 1. The number of ether oxygens (including phenoxy) is 1. The Morgan fingerprint density at radius 2 is 1.97 bits per heavy atom. The van der Waals surface area contributed by atoms with Gasteiger partial charge in [-0.2, -0.15) is 17.7 Å². The first-order chi connectivity index (χ1) is 17.1. The molecule has 0 fully saturated rings. The van der Waals surface area contributed by atoms with E-state index in [2.05, 4.69) is 21.0 Å². The summed E-state index contributed by atoms with van der Waals surface area (Å²) in [5.41, 5.74) is -2.49. The molecule has 186 valence electrons. The minimum Gasteiger partial charge on any atom is -0.494 e.